The van der Waals surface area contributed by atoms with Crippen molar-refractivity contribution in [1.82, 2.24) is 10.3 Å². The van der Waals surface area contributed by atoms with Crippen LogP contribution in [0.2, 0.25) is 0 Å². The van der Waals surface area contributed by atoms with Crippen LogP contribution in [0.4, 0.5) is 0 Å². The van der Waals surface area contributed by atoms with Gasteiger partial charge in [-0.2, -0.15) is 0 Å². The SMILES string of the molecule is C[C@@H](C(=O)NC1CCCCC1)[NH+]1CCC(c2nc3ccccc3s2)CC1. The third-order valence-corrected chi connectivity index (χ3v) is 7.44. The number of aromatic nitrogens is 1. The van der Waals surface area contributed by atoms with E-state index in [1.165, 1.54) is 33.9 Å². The first-order valence-corrected chi connectivity index (χ1v) is 11.0. The predicted molar refractivity (Wildman–Crippen MR) is 107 cm³/mol. The number of hydrogen-bond donors (Lipinski definition) is 2. The van der Waals surface area contributed by atoms with E-state index < -0.39 is 0 Å². The molecule has 140 valence electrons. The maximum Gasteiger partial charge on any atom is 0.278 e. The third-order valence-electron chi connectivity index (χ3n) is 6.24. The van der Waals surface area contributed by atoms with Crippen molar-refractivity contribution in [1.29, 1.82) is 0 Å². The fourth-order valence-corrected chi connectivity index (χ4v) is 5.63. The van der Waals surface area contributed by atoms with Crippen molar-refractivity contribution < 1.29 is 9.69 Å². The number of rotatable bonds is 4. The van der Waals surface area contributed by atoms with Crippen LogP contribution in [-0.2, 0) is 4.79 Å². The molecule has 2 aliphatic rings. The van der Waals surface area contributed by atoms with Gasteiger partial charge < -0.3 is 10.2 Å². The van der Waals surface area contributed by atoms with E-state index in [2.05, 4.69) is 36.5 Å². The first kappa shape index (κ1) is 17.9. The van der Waals surface area contributed by atoms with Crippen molar-refractivity contribution in [2.24, 2.45) is 0 Å². The van der Waals surface area contributed by atoms with Crippen molar-refractivity contribution in [3.63, 3.8) is 0 Å². The van der Waals surface area contributed by atoms with E-state index in [4.69, 9.17) is 4.98 Å². The minimum Gasteiger partial charge on any atom is -0.348 e. The molecule has 0 unspecified atom stereocenters. The Balaban J connectivity index is 1.31. The molecule has 0 spiro atoms. The normalized spacial score (nSPS) is 25.9. The van der Waals surface area contributed by atoms with E-state index in [0.717, 1.165) is 44.3 Å². The number of para-hydroxylation sites is 1. The molecule has 1 saturated heterocycles. The molecular weight excluding hydrogens is 342 g/mol. The monoisotopic (exact) mass is 372 g/mol. The highest BCUT2D eigenvalue weighted by Gasteiger charge is 2.32. The number of hydrogen-bond acceptors (Lipinski definition) is 3. The Labute approximate surface area is 160 Å². The maximum absolute atomic E-state index is 12.6. The molecule has 2 fully saturated rings. The number of thiazole rings is 1. The van der Waals surface area contributed by atoms with Crippen LogP contribution in [0.15, 0.2) is 24.3 Å². The van der Waals surface area contributed by atoms with Gasteiger partial charge in [0.1, 0.15) is 0 Å². The minimum absolute atomic E-state index is 0.0632. The second-order valence-electron chi connectivity index (χ2n) is 8.02. The summed E-state index contributed by atoms with van der Waals surface area (Å²) in [6.45, 7) is 4.24. The molecule has 1 aliphatic carbocycles. The van der Waals surface area contributed by atoms with Crippen LogP contribution in [0.25, 0.3) is 10.2 Å². The fraction of sp³-hybridized carbons (Fsp3) is 0.619. The maximum atomic E-state index is 12.6. The van der Waals surface area contributed by atoms with Crippen molar-refractivity contribution in [2.45, 2.75) is 69.9 Å². The van der Waals surface area contributed by atoms with Crippen LogP contribution < -0.4 is 10.2 Å². The average Bonchev–Trinajstić information content (AvgIpc) is 3.12. The predicted octanol–water partition coefficient (Wildman–Crippen LogP) is 2.90. The molecule has 2 N–H and O–H groups in total. The van der Waals surface area contributed by atoms with Crippen LogP contribution >= 0.6 is 11.3 Å². The summed E-state index contributed by atoms with van der Waals surface area (Å²) in [7, 11) is 0. The molecule has 1 aliphatic heterocycles. The highest BCUT2D eigenvalue weighted by Crippen LogP contribution is 2.31. The second kappa shape index (κ2) is 8.05. The number of carbonyl (C=O) groups excluding carboxylic acids is 1. The lowest BCUT2D eigenvalue weighted by molar-refractivity contribution is -0.919. The van der Waals surface area contributed by atoms with E-state index in [1.54, 1.807) is 0 Å². The first-order chi connectivity index (χ1) is 12.7. The molecule has 1 amide bonds. The van der Waals surface area contributed by atoms with E-state index in [9.17, 15) is 4.79 Å². The molecule has 1 saturated carbocycles. The van der Waals surface area contributed by atoms with Gasteiger partial charge in [0.25, 0.3) is 5.91 Å². The Kier molecular flexibility index (Phi) is 5.55. The van der Waals surface area contributed by atoms with Gasteiger partial charge in [-0.3, -0.25) is 4.79 Å². The number of quaternary nitrogens is 1. The molecule has 1 aromatic carbocycles. The van der Waals surface area contributed by atoms with Crippen molar-refractivity contribution in [3.8, 4) is 0 Å². The molecule has 0 radical (unpaired) electrons. The van der Waals surface area contributed by atoms with Gasteiger partial charge in [-0.25, -0.2) is 4.98 Å². The number of nitrogens with zero attached hydrogens (tertiary/aromatic N) is 1. The summed E-state index contributed by atoms with van der Waals surface area (Å²) in [5.41, 5.74) is 1.13. The molecule has 4 nitrogen and oxygen atoms in total. The summed E-state index contributed by atoms with van der Waals surface area (Å²) >= 11 is 1.84. The van der Waals surface area contributed by atoms with E-state index in [1.807, 2.05) is 11.3 Å². The second-order valence-corrected chi connectivity index (χ2v) is 9.08. The molecule has 0 bridgehead atoms. The topological polar surface area (TPSA) is 46.4 Å². The number of likely N-dealkylation sites (tertiary alicyclic amines) is 1. The number of amides is 1. The summed E-state index contributed by atoms with van der Waals surface area (Å²) in [4.78, 5) is 18.9. The summed E-state index contributed by atoms with van der Waals surface area (Å²) < 4.78 is 1.29. The number of piperidine rings is 1. The van der Waals surface area contributed by atoms with Gasteiger partial charge in [-0.1, -0.05) is 31.4 Å². The number of nitrogens with one attached hydrogen (secondary N) is 2. The highest BCUT2D eigenvalue weighted by molar-refractivity contribution is 7.18. The Bertz CT molecular complexity index is 712. The number of fused-ring (bicyclic) bond motifs is 1. The fourth-order valence-electron chi connectivity index (χ4n) is 4.49. The first-order valence-electron chi connectivity index (χ1n) is 10.2. The van der Waals surface area contributed by atoms with Gasteiger partial charge in [0.15, 0.2) is 6.04 Å². The third kappa shape index (κ3) is 3.94. The van der Waals surface area contributed by atoms with Crippen molar-refractivity contribution in [3.05, 3.63) is 29.3 Å². The summed E-state index contributed by atoms with van der Waals surface area (Å²) in [6, 6.07) is 8.89. The Morgan fingerprint density at radius 2 is 1.88 bits per heavy atom. The van der Waals surface area contributed by atoms with Crippen molar-refractivity contribution >= 4 is 27.5 Å². The van der Waals surface area contributed by atoms with E-state index in [-0.39, 0.29) is 11.9 Å². The molecule has 4 rings (SSSR count). The highest BCUT2D eigenvalue weighted by atomic mass is 32.1. The van der Waals surface area contributed by atoms with Gasteiger partial charge in [0, 0.05) is 24.8 Å². The lowest BCUT2D eigenvalue weighted by Crippen LogP contribution is -3.17. The molecule has 2 heterocycles. The lowest BCUT2D eigenvalue weighted by Gasteiger charge is -2.33. The Morgan fingerprint density at radius 1 is 1.15 bits per heavy atom. The van der Waals surface area contributed by atoms with Crippen LogP contribution in [0.3, 0.4) is 0 Å². The molecule has 26 heavy (non-hydrogen) atoms. The van der Waals surface area contributed by atoms with E-state index in [0.29, 0.717) is 12.0 Å². The lowest BCUT2D eigenvalue weighted by atomic mass is 9.94. The minimum atomic E-state index is 0.0632. The van der Waals surface area contributed by atoms with Gasteiger partial charge in [0.05, 0.1) is 28.3 Å². The Morgan fingerprint density at radius 3 is 2.62 bits per heavy atom. The van der Waals surface area contributed by atoms with Crippen LogP contribution in [0.5, 0.6) is 0 Å². The van der Waals surface area contributed by atoms with E-state index >= 15 is 0 Å². The number of carbonyl (C=O) groups is 1. The van der Waals surface area contributed by atoms with Gasteiger partial charge in [-0.05, 0) is 31.9 Å². The molecule has 1 atom stereocenters. The standard InChI is InChI=1S/C21H29N3OS/c1-15(20(25)22-17-7-3-2-4-8-17)24-13-11-16(12-14-24)21-23-18-9-5-6-10-19(18)26-21/h5-6,9-10,15-17H,2-4,7-8,11-14H2,1H3,(H,22,25)/p+1/t15-/m0/s1. The quantitative estimate of drug-likeness (QED) is 0.867. The molecule has 1 aromatic heterocycles. The van der Waals surface area contributed by atoms with Crippen LogP contribution in [-0.4, -0.2) is 36.1 Å². The smallest absolute Gasteiger partial charge is 0.278 e. The number of benzene rings is 1. The van der Waals surface area contributed by atoms with Crippen LogP contribution in [0.1, 0.15) is 62.8 Å². The largest absolute Gasteiger partial charge is 0.348 e. The van der Waals surface area contributed by atoms with Crippen LogP contribution in [0, 0.1) is 0 Å². The summed E-state index contributed by atoms with van der Waals surface area (Å²) in [5.74, 6) is 0.815. The van der Waals surface area contributed by atoms with Crippen molar-refractivity contribution in [2.75, 3.05) is 13.1 Å². The zero-order chi connectivity index (χ0) is 17.9. The van der Waals surface area contributed by atoms with Gasteiger partial charge in [0.2, 0.25) is 0 Å². The Hall–Kier alpha value is -1.46. The van der Waals surface area contributed by atoms with Gasteiger partial charge >= 0.3 is 0 Å². The average molecular weight is 373 g/mol. The van der Waals surface area contributed by atoms with Gasteiger partial charge in [-0.15, -0.1) is 11.3 Å². The summed E-state index contributed by atoms with van der Waals surface area (Å²) in [6.07, 6.45) is 8.44. The zero-order valence-electron chi connectivity index (χ0n) is 15.7. The summed E-state index contributed by atoms with van der Waals surface area (Å²) in [5, 5.41) is 4.59. The zero-order valence-corrected chi connectivity index (χ0v) is 16.5. The molecule has 2 aromatic rings. The molecular formula is C21H30N3OS+. The molecule has 5 heteroatoms.